The van der Waals surface area contributed by atoms with Crippen LogP contribution in [0, 0.1) is 5.82 Å². The molecule has 0 saturated heterocycles. The summed E-state index contributed by atoms with van der Waals surface area (Å²) in [6.07, 6.45) is 2.38. The molecule has 2 atom stereocenters. The van der Waals surface area contributed by atoms with Crippen LogP contribution in [0.15, 0.2) is 59.6 Å². The molecule has 1 heterocycles. The lowest BCUT2D eigenvalue weighted by atomic mass is 10.1. The molecule has 0 aliphatic rings. The van der Waals surface area contributed by atoms with Crippen molar-refractivity contribution in [1.29, 1.82) is 0 Å². The molecular weight excluding hydrogens is 427 g/mol. The van der Waals surface area contributed by atoms with Crippen LogP contribution in [0.5, 0.6) is 5.75 Å². The van der Waals surface area contributed by atoms with E-state index in [0.717, 1.165) is 11.3 Å². The van der Waals surface area contributed by atoms with E-state index in [1.807, 2.05) is 31.2 Å². The highest BCUT2D eigenvalue weighted by atomic mass is 79.9. The third kappa shape index (κ3) is 4.39. The van der Waals surface area contributed by atoms with Crippen LogP contribution in [-0.2, 0) is 4.79 Å². The molecule has 0 radical (unpaired) electrons. The standard InChI is InChI=1S/C20H20BrFN4O2/c1-13(15-4-7-17(8-5-15)26-12-23-11-24-26)25(3)20(27)14(2)28-19-9-6-16(22)10-18(19)21/h4-14H,1-3H3. The third-order valence-corrected chi connectivity index (χ3v) is 5.15. The first-order valence-electron chi connectivity index (χ1n) is 8.70. The second-order valence-corrected chi connectivity index (χ2v) is 7.25. The summed E-state index contributed by atoms with van der Waals surface area (Å²) in [6, 6.07) is 11.7. The predicted molar refractivity (Wildman–Crippen MR) is 107 cm³/mol. The maximum atomic E-state index is 13.2. The number of aromatic nitrogens is 3. The Bertz CT molecular complexity index is 947. The van der Waals surface area contributed by atoms with Crippen LogP contribution in [0.25, 0.3) is 5.69 Å². The van der Waals surface area contributed by atoms with Gasteiger partial charge in [0.1, 0.15) is 24.2 Å². The lowest BCUT2D eigenvalue weighted by Gasteiger charge is -2.28. The zero-order chi connectivity index (χ0) is 20.3. The van der Waals surface area contributed by atoms with Gasteiger partial charge in [-0.05, 0) is 65.7 Å². The topological polar surface area (TPSA) is 60.2 Å². The second-order valence-electron chi connectivity index (χ2n) is 6.39. The zero-order valence-corrected chi connectivity index (χ0v) is 17.3. The SMILES string of the molecule is CC(Oc1ccc(F)cc1Br)C(=O)N(C)C(C)c1ccc(-n2cncn2)cc1. The summed E-state index contributed by atoms with van der Waals surface area (Å²) < 4.78 is 21.1. The van der Waals surface area contributed by atoms with Gasteiger partial charge in [0.25, 0.3) is 5.91 Å². The highest BCUT2D eigenvalue weighted by Crippen LogP contribution is 2.27. The van der Waals surface area contributed by atoms with E-state index in [9.17, 15) is 9.18 Å². The van der Waals surface area contributed by atoms with Gasteiger partial charge in [-0.2, -0.15) is 5.10 Å². The number of carbonyl (C=O) groups excluding carboxylic acids is 1. The number of halogens is 2. The van der Waals surface area contributed by atoms with E-state index in [2.05, 4.69) is 26.0 Å². The first-order valence-corrected chi connectivity index (χ1v) is 9.49. The van der Waals surface area contributed by atoms with Crippen LogP contribution in [0.4, 0.5) is 4.39 Å². The fourth-order valence-corrected chi connectivity index (χ4v) is 3.20. The Balaban J connectivity index is 1.67. The number of benzene rings is 2. The second kappa shape index (κ2) is 8.52. The molecule has 0 spiro atoms. The Kier molecular flexibility index (Phi) is 6.08. The van der Waals surface area contributed by atoms with Crippen molar-refractivity contribution in [1.82, 2.24) is 19.7 Å². The van der Waals surface area contributed by atoms with Gasteiger partial charge in [0, 0.05) is 7.05 Å². The quantitative estimate of drug-likeness (QED) is 0.570. The maximum Gasteiger partial charge on any atom is 0.263 e. The first kappa shape index (κ1) is 20.0. The summed E-state index contributed by atoms with van der Waals surface area (Å²) in [5, 5.41) is 4.10. The van der Waals surface area contributed by atoms with Crippen LogP contribution < -0.4 is 4.74 Å². The molecule has 28 heavy (non-hydrogen) atoms. The number of ether oxygens (including phenoxy) is 1. The van der Waals surface area contributed by atoms with Gasteiger partial charge in [0.2, 0.25) is 0 Å². The van der Waals surface area contributed by atoms with Crippen LogP contribution in [-0.4, -0.2) is 38.7 Å². The molecule has 0 N–H and O–H groups in total. The number of amides is 1. The smallest absolute Gasteiger partial charge is 0.263 e. The zero-order valence-electron chi connectivity index (χ0n) is 15.7. The number of carbonyl (C=O) groups is 1. The number of likely N-dealkylation sites (N-methyl/N-ethyl adjacent to an activating group) is 1. The van der Waals surface area contributed by atoms with E-state index in [1.165, 1.54) is 24.5 Å². The fraction of sp³-hybridized carbons (Fsp3) is 0.250. The van der Waals surface area contributed by atoms with Crippen molar-refractivity contribution in [2.75, 3.05) is 7.05 Å². The van der Waals surface area contributed by atoms with Gasteiger partial charge in [0.15, 0.2) is 6.10 Å². The molecule has 3 rings (SSSR count). The van der Waals surface area contributed by atoms with E-state index < -0.39 is 6.10 Å². The molecule has 0 aliphatic carbocycles. The van der Waals surface area contributed by atoms with E-state index in [0.29, 0.717) is 10.2 Å². The summed E-state index contributed by atoms with van der Waals surface area (Å²) in [5.74, 6) is -0.136. The molecule has 1 amide bonds. The van der Waals surface area contributed by atoms with Crippen LogP contribution in [0.1, 0.15) is 25.5 Å². The molecule has 8 heteroatoms. The van der Waals surface area contributed by atoms with Crippen molar-refractivity contribution in [3.05, 3.63) is 71.0 Å². The van der Waals surface area contributed by atoms with E-state index in [4.69, 9.17) is 4.74 Å². The molecular formula is C20H20BrFN4O2. The van der Waals surface area contributed by atoms with E-state index in [1.54, 1.807) is 29.9 Å². The summed E-state index contributed by atoms with van der Waals surface area (Å²) in [4.78, 5) is 18.3. The molecule has 2 unspecified atom stereocenters. The molecule has 2 aromatic carbocycles. The Labute approximate surface area is 171 Å². The first-order chi connectivity index (χ1) is 13.4. The Morgan fingerprint density at radius 2 is 1.93 bits per heavy atom. The molecule has 1 aromatic heterocycles. The predicted octanol–water partition coefficient (Wildman–Crippen LogP) is 4.16. The highest BCUT2D eigenvalue weighted by molar-refractivity contribution is 9.10. The van der Waals surface area contributed by atoms with Crippen molar-refractivity contribution >= 4 is 21.8 Å². The monoisotopic (exact) mass is 446 g/mol. The van der Waals surface area contributed by atoms with Gasteiger partial charge in [-0.25, -0.2) is 14.1 Å². The van der Waals surface area contributed by atoms with Crippen LogP contribution in [0.2, 0.25) is 0 Å². The molecule has 0 fully saturated rings. The van der Waals surface area contributed by atoms with Crippen molar-refractivity contribution in [3.8, 4) is 11.4 Å². The van der Waals surface area contributed by atoms with E-state index >= 15 is 0 Å². The normalized spacial score (nSPS) is 13.0. The number of hydrogen-bond donors (Lipinski definition) is 0. The minimum Gasteiger partial charge on any atom is -0.480 e. The molecule has 146 valence electrons. The highest BCUT2D eigenvalue weighted by Gasteiger charge is 2.24. The Morgan fingerprint density at radius 3 is 2.54 bits per heavy atom. The van der Waals surface area contributed by atoms with Crippen LogP contribution in [0.3, 0.4) is 0 Å². The maximum absolute atomic E-state index is 13.2. The van der Waals surface area contributed by atoms with Gasteiger partial charge in [-0.1, -0.05) is 12.1 Å². The van der Waals surface area contributed by atoms with Crippen molar-refractivity contribution in [2.45, 2.75) is 26.0 Å². The van der Waals surface area contributed by atoms with Gasteiger partial charge < -0.3 is 9.64 Å². The number of rotatable bonds is 6. The number of hydrogen-bond acceptors (Lipinski definition) is 4. The lowest BCUT2D eigenvalue weighted by molar-refractivity contribution is -0.138. The Morgan fingerprint density at radius 1 is 1.21 bits per heavy atom. The van der Waals surface area contributed by atoms with Crippen LogP contribution >= 0.6 is 15.9 Å². The summed E-state index contributed by atoms with van der Waals surface area (Å²) in [7, 11) is 1.73. The van der Waals surface area contributed by atoms with Gasteiger partial charge in [0.05, 0.1) is 16.2 Å². The molecule has 0 aliphatic heterocycles. The largest absolute Gasteiger partial charge is 0.480 e. The van der Waals surface area contributed by atoms with Crippen molar-refractivity contribution in [2.24, 2.45) is 0 Å². The Hall–Kier alpha value is -2.74. The average molecular weight is 447 g/mol. The summed E-state index contributed by atoms with van der Waals surface area (Å²) >= 11 is 3.25. The summed E-state index contributed by atoms with van der Waals surface area (Å²) in [6.45, 7) is 3.62. The van der Waals surface area contributed by atoms with Gasteiger partial charge >= 0.3 is 0 Å². The summed E-state index contributed by atoms with van der Waals surface area (Å²) in [5.41, 5.74) is 1.87. The lowest BCUT2D eigenvalue weighted by Crippen LogP contribution is -2.39. The third-order valence-electron chi connectivity index (χ3n) is 4.53. The molecule has 6 nitrogen and oxygen atoms in total. The fourth-order valence-electron chi connectivity index (χ4n) is 2.76. The minimum atomic E-state index is -0.719. The minimum absolute atomic E-state index is 0.153. The van der Waals surface area contributed by atoms with E-state index in [-0.39, 0.29) is 17.8 Å². The molecule has 0 saturated carbocycles. The molecule has 3 aromatic rings. The van der Waals surface area contributed by atoms with Crippen molar-refractivity contribution in [3.63, 3.8) is 0 Å². The van der Waals surface area contributed by atoms with Gasteiger partial charge in [-0.3, -0.25) is 4.79 Å². The van der Waals surface area contributed by atoms with Gasteiger partial charge in [-0.15, -0.1) is 0 Å². The average Bonchev–Trinajstić information content (AvgIpc) is 3.23. The molecule has 0 bridgehead atoms. The number of nitrogens with zero attached hydrogens (tertiary/aromatic N) is 4. The van der Waals surface area contributed by atoms with Crippen molar-refractivity contribution < 1.29 is 13.9 Å².